The fraction of sp³-hybridized carbons (Fsp3) is 0.280. The number of carbonyl (C=O) groups is 1. The Morgan fingerprint density at radius 1 is 1.03 bits per heavy atom. The fourth-order valence-corrected chi connectivity index (χ4v) is 3.78. The lowest BCUT2D eigenvalue weighted by molar-refractivity contribution is -0.123. The maximum atomic E-state index is 12.2. The maximum absolute atomic E-state index is 12.2. The molecule has 4 rings (SSSR count). The van der Waals surface area contributed by atoms with E-state index in [2.05, 4.69) is 39.4 Å². The normalized spacial score (nSPS) is 10.8. The molecular weight excluding hydrogens is 468 g/mol. The first-order valence-electron chi connectivity index (χ1n) is 11.4. The van der Waals surface area contributed by atoms with Crippen LogP contribution < -0.4 is 19.7 Å². The van der Waals surface area contributed by atoms with E-state index >= 15 is 0 Å². The van der Waals surface area contributed by atoms with Crippen molar-refractivity contribution in [2.45, 2.75) is 13.8 Å². The molecule has 4 aromatic rings. The Morgan fingerprint density at radius 2 is 1.86 bits per heavy atom. The first-order valence-corrected chi connectivity index (χ1v) is 11.8. The summed E-state index contributed by atoms with van der Waals surface area (Å²) in [7, 11) is 0. The third-order valence-corrected chi connectivity index (χ3v) is 5.67. The lowest BCUT2D eigenvalue weighted by Crippen LogP contribution is -2.32. The summed E-state index contributed by atoms with van der Waals surface area (Å²) in [5.74, 6) is 1.32. The van der Waals surface area contributed by atoms with E-state index in [1.807, 2.05) is 42.5 Å². The molecule has 0 aliphatic heterocycles. The number of hydrogen-bond acceptors (Lipinski definition) is 7. The lowest BCUT2D eigenvalue weighted by atomic mass is 10.2. The van der Waals surface area contributed by atoms with Crippen molar-refractivity contribution in [2.24, 2.45) is 0 Å². The van der Waals surface area contributed by atoms with Gasteiger partial charge >= 0.3 is 0 Å². The van der Waals surface area contributed by atoms with Gasteiger partial charge in [-0.3, -0.25) is 4.79 Å². The molecule has 0 spiro atoms. The third-order valence-electron chi connectivity index (χ3n) is 5.34. The molecule has 0 radical (unpaired) electrons. The molecule has 0 unspecified atom stereocenters. The predicted octanol–water partition coefficient (Wildman–Crippen LogP) is 3.86. The number of hydrogen-bond donors (Lipinski definition) is 1. The number of aromatic nitrogens is 4. The molecule has 0 atom stereocenters. The minimum absolute atomic E-state index is 0.0756. The van der Waals surface area contributed by atoms with Crippen LogP contribution >= 0.6 is 11.6 Å². The van der Waals surface area contributed by atoms with Gasteiger partial charge < -0.3 is 19.7 Å². The van der Waals surface area contributed by atoms with Crippen LogP contribution in [-0.2, 0) is 4.79 Å². The van der Waals surface area contributed by atoms with Crippen LogP contribution in [-0.4, -0.2) is 58.6 Å². The molecule has 0 saturated carbocycles. The van der Waals surface area contributed by atoms with Crippen LogP contribution in [0.5, 0.6) is 11.6 Å². The largest absolute Gasteiger partial charge is 0.484 e. The predicted molar refractivity (Wildman–Crippen MR) is 135 cm³/mol. The Morgan fingerprint density at radius 3 is 2.66 bits per heavy atom. The van der Waals surface area contributed by atoms with E-state index in [0.29, 0.717) is 34.7 Å². The van der Waals surface area contributed by atoms with Gasteiger partial charge in [-0.25, -0.2) is 0 Å². The number of nitrogens with zero attached hydrogens (tertiary/aromatic N) is 5. The van der Waals surface area contributed by atoms with Gasteiger partial charge in [0.1, 0.15) is 12.4 Å². The summed E-state index contributed by atoms with van der Waals surface area (Å²) in [5, 5.41) is 16.1. The first-order chi connectivity index (χ1) is 17.1. The van der Waals surface area contributed by atoms with Crippen molar-refractivity contribution in [3.63, 3.8) is 0 Å². The van der Waals surface area contributed by atoms with Crippen LogP contribution in [0.4, 0.5) is 5.69 Å². The smallest absolute Gasteiger partial charge is 0.258 e. The number of rotatable bonds is 11. The second kappa shape index (κ2) is 11.5. The van der Waals surface area contributed by atoms with Crippen molar-refractivity contribution in [1.82, 2.24) is 25.1 Å². The first kappa shape index (κ1) is 24.3. The van der Waals surface area contributed by atoms with Gasteiger partial charge in [-0.2, -0.15) is 4.52 Å². The molecule has 1 amide bonds. The Hall–Kier alpha value is -3.85. The van der Waals surface area contributed by atoms with Crippen LogP contribution in [0.1, 0.15) is 13.8 Å². The Bertz CT molecular complexity index is 1290. The minimum atomic E-state index is -0.231. The average Bonchev–Trinajstić information content (AvgIpc) is 3.30. The van der Waals surface area contributed by atoms with Crippen LogP contribution in [0.2, 0.25) is 5.02 Å². The number of halogens is 1. The molecule has 35 heavy (non-hydrogen) atoms. The summed E-state index contributed by atoms with van der Waals surface area (Å²) >= 11 is 6.29. The zero-order chi connectivity index (χ0) is 24.6. The molecule has 9 nitrogen and oxygen atoms in total. The van der Waals surface area contributed by atoms with E-state index in [1.165, 1.54) is 0 Å². The average molecular weight is 495 g/mol. The highest BCUT2D eigenvalue weighted by Crippen LogP contribution is 2.26. The summed E-state index contributed by atoms with van der Waals surface area (Å²) in [6.07, 6.45) is 0. The molecule has 10 heteroatoms. The number of benzene rings is 2. The molecule has 0 saturated heterocycles. The molecule has 0 aliphatic carbocycles. The number of nitrogens with one attached hydrogen (secondary N) is 1. The van der Waals surface area contributed by atoms with Crippen LogP contribution in [0.25, 0.3) is 17.0 Å². The van der Waals surface area contributed by atoms with Crippen molar-refractivity contribution >= 4 is 28.8 Å². The zero-order valence-electron chi connectivity index (χ0n) is 19.6. The topological polar surface area (TPSA) is 93.9 Å². The quantitative estimate of drug-likeness (QED) is 0.316. The van der Waals surface area contributed by atoms with Crippen molar-refractivity contribution in [1.29, 1.82) is 0 Å². The van der Waals surface area contributed by atoms with Gasteiger partial charge in [0.15, 0.2) is 18.1 Å². The van der Waals surface area contributed by atoms with E-state index in [0.717, 1.165) is 24.3 Å². The zero-order valence-corrected chi connectivity index (χ0v) is 20.4. The SMILES string of the molecule is CCN(CC)c1cccc(OCC(=O)NCCOc2ccc3nnc(-c4ccccc4Cl)n3n2)c1. The highest BCUT2D eigenvalue weighted by Gasteiger charge is 2.13. The minimum Gasteiger partial charge on any atom is -0.484 e. The van der Waals surface area contributed by atoms with Gasteiger partial charge in [0.25, 0.3) is 5.91 Å². The molecule has 0 aliphatic rings. The van der Waals surface area contributed by atoms with Crippen LogP contribution in [0.3, 0.4) is 0 Å². The van der Waals surface area contributed by atoms with E-state index in [9.17, 15) is 4.79 Å². The number of fused-ring (bicyclic) bond motifs is 1. The summed E-state index contributed by atoms with van der Waals surface area (Å²) in [6.45, 7) is 6.48. The van der Waals surface area contributed by atoms with Gasteiger partial charge in [-0.15, -0.1) is 15.3 Å². The van der Waals surface area contributed by atoms with E-state index < -0.39 is 0 Å². The summed E-state index contributed by atoms with van der Waals surface area (Å²) in [6, 6.07) is 18.5. The Balaban J connectivity index is 1.27. The monoisotopic (exact) mass is 494 g/mol. The van der Waals surface area contributed by atoms with Crippen molar-refractivity contribution < 1.29 is 14.3 Å². The number of carbonyl (C=O) groups excluding carboxylic acids is 1. The van der Waals surface area contributed by atoms with Crippen molar-refractivity contribution in [3.8, 4) is 23.0 Å². The highest BCUT2D eigenvalue weighted by atomic mass is 35.5. The van der Waals surface area contributed by atoms with Gasteiger partial charge in [0, 0.05) is 36.5 Å². The summed E-state index contributed by atoms with van der Waals surface area (Å²) in [5.41, 5.74) is 2.36. The van der Waals surface area contributed by atoms with E-state index in [1.54, 1.807) is 22.7 Å². The lowest BCUT2D eigenvalue weighted by Gasteiger charge is -2.21. The molecule has 182 valence electrons. The summed E-state index contributed by atoms with van der Waals surface area (Å²) in [4.78, 5) is 14.4. The van der Waals surface area contributed by atoms with E-state index in [-0.39, 0.29) is 19.1 Å². The fourth-order valence-electron chi connectivity index (χ4n) is 3.56. The number of amides is 1. The molecule has 2 aromatic heterocycles. The standard InChI is InChI=1S/C25H27ClN6O3/c1-3-31(4-2)18-8-7-9-19(16-18)35-17-23(33)27-14-15-34-24-13-12-22-28-29-25(32(22)30-24)20-10-5-6-11-21(20)26/h5-13,16H,3-4,14-15,17H2,1-2H3,(H,27,33). The summed E-state index contributed by atoms with van der Waals surface area (Å²) < 4.78 is 12.9. The molecule has 0 bridgehead atoms. The van der Waals surface area contributed by atoms with Gasteiger partial charge in [0.05, 0.1) is 11.6 Å². The van der Waals surface area contributed by atoms with Gasteiger partial charge in [-0.1, -0.05) is 29.8 Å². The third kappa shape index (κ3) is 5.99. The molecular formula is C25H27ClN6O3. The Kier molecular flexibility index (Phi) is 7.99. The van der Waals surface area contributed by atoms with Crippen LogP contribution in [0.15, 0.2) is 60.7 Å². The van der Waals surface area contributed by atoms with E-state index in [4.69, 9.17) is 21.1 Å². The maximum Gasteiger partial charge on any atom is 0.258 e. The molecule has 0 fully saturated rings. The van der Waals surface area contributed by atoms with Gasteiger partial charge in [-0.05, 0) is 44.2 Å². The second-order valence-corrected chi connectivity index (χ2v) is 8.01. The van der Waals surface area contributed by atoms with Crippen molar-refractivity contribution in [2.75, 3.05) is 37.7 Å². The second-order valence-electron chi connectivity index (χ2n) is 7.60. The van der Waals surface area contributed by atoms with Gasteiger partial charge in [0.2, 0.25) is 5.88 Å². The molecule has 1 N–H and O–H groups in total. The molecule has 2 heterocycles. The van der Waals surface area contributed by atoms with Crippen molar-refractivity contribution in [3.05, 3.63) is 65.7 Å². The Labute approximate surface area is 208 Å². The molecule has 2 aromatic carbocycles. The number of anilines is 1. The highest BCUT2D eigenvalue weighted by molar-refractivity contribution is 6.33. The number of ether oxygens (including phenoxy) is 2. The van der Waals surface area contributed by atoms with Crippen LogP contribution in [0, 0.1) is 0 Å².